The van der Waals surface area contributed by atoms with Gasteiger partial charge in [0, 0.05) is 0 Å². The van der Waals surface area contributed by atoms with E-state index in [2.05, 4.69) is 5.32 Å². The zero-order valence-electron chi connectivity index (χ0n) is 10.6. The molecular formula is C12H18F2N2O2. The highest BCUT2D eigenvalue weighted by molar-refractivity contribution is 6.00. The standard InChI is InChI=1S/C12H18F2N2O2/c1-3-8-10(17)15-12(2,7-4-5-7)11(18)16(8)6-9(13)14/h7-9H,3-6H2,1-2H3,(H,15,17). The number of piperazine rings is 1. The average molecular weight is 260 g/mol. The first kappa shape index (κ1) is 13.2. The van der Waals surface area contributed by atoms with E-state index in [-0.39, 0.29) is 17.7 Å². The molecule has 1 aliphatic carbocycles. The molecule has 2 amide bonds. The van der Waals surface area contributed by atoms with Crippen molar-refractivity contribution in [2.75, 3.05) is 6.54 Å². The topological polar surface area (TPSA) is 49.4 Å². The highest BCUT2D eigenvalue weighted by atomic mass is 19.3. The number of halogens is 2. The molecule has 2 aliphatic rings. The van der Waals surface area contributed by atoms with Gasteiger partial charge in [0.15, 0.2) is 0 Å². The molecule has 0 radical (unpaired) electrons. The number of carbonyl (C=O) groups excluding carboxylic acids is 2. The van der Waals surface area contributed by atoms with E-state index in [1.165, 1.54) is 0 Å². The summed E-state index contributed by atoms with van der Waals surface area (Å²) >= 11 is 0. The average Bonchev–Trinajstić information content (AvgIpc) is 3.09. The quantitative estimate of drug-likeness (QED) is 0.824. The lowest BCUT2D eigenvalue weighted by Crippen LogP contribution is -2.70. The Balaban J connectivity index is 2.26. The van der Waals surface area contributed by atoms with Crippen molar-refractivity contribution in [3.8, 4) is 0 Å². The van der Waals surface area contributed by atoms with Crippen molar-refractivity contribution < 1.29 is 18.4 Å². The summed E-state index contributed by atoms with van der Waals surface area (Å²) in [5, 5.41) is 2.73. The van der Waals surface area contributed by atoms with Crippen molar-refractivity contribution in [3.05, 3.63) is 0 Å². The summed E-state index contributed by atoms with van der Waals surface area (Å²) in [5.41, 5.74) is -0.988. The number of hydrogen-bond acceptors (Lipinski definition) is 2. The Labute approximate surface area is 105 Å². The highest BCUT2D eigenvalue weighted by Gasteiger charge is 2.55. The zero-order valence-corrected chi connectivity index (χ0v) is 10.6. The second-order valence-electron chi connectivity index (χ2n) is 5.24. The van der Waals surface area contributed by atoms with Crippen LogP contribution in [0.25, 0.3) is 0 Å². The Hall–Kier alpha value is -1.20. The minimum absolute atomic E-state index is 0.0897. The minimum Gasteiger partial charge on any atom is -0.340 e. The molecule has 0 aromatic heterocycles. The van der Waals surface area contributed by atoms with Gasteiger partial charge in [-0.15, -0.1) is 0 Å². The molecule has 2 unspecified atom stereocenters. The SMILES string of the molecule is CCC1C(=O)NC(C)(C2CC2)C(=O)N1CC(F)F. The second kappa shape index (κ2) is 4.48. The van der Waals surface area contributed by atoms with Crippen molar-refractivity contribution in [1.82, 2.24) is 10.2 Å². The Bertz CT molecular complexity index is 371. The molecule has 0 aromatic carbocycles. The number of nitrogens with zero attached hydrogens (tertiary/aromatic N) is 1. The van der Waals surface area contributed by atoms with Gasteiger partial charge in [-0.3, -0.25) is 9.59 Å². The summed E-state index contributed by atoms with van der Waals surface area (Å²) in [6, 6.07) is -0.765. The Kier molecular flexibility index (Phi) is 3.29. The van der Waals surface area contributed by atoms with E-state index in [4.69, 9.17) is 0 Å². The fourth-order valence-electron chi connectivity index (χ4n) is 2.68. The predicted octanol–water partition coefficient (Wildman–Crippen LogP) is 1.16. The van der Waals surface area contributed by atoms with E-state index in [9.17, 15) is 18.4 Å². The molecule has 1 heterocycles. The molecular weight excluding hydrogens is 242 g/mol. The van der Waals surface area contributed by atoms with E-state index < -0.39 is 24.6 Å². The van der Waals surface area contributed by atoms with Gasteiger partial charge in [0.25, 0.3) is 6.43 Å². The van der Waals surface area contributed by atoms with Crippen LogP contribution >= 0.6 is 0 Å². The predicted molar refractivity (Wildman–Crippen MR) is 61.1 cm³/mol. The Morgan fingerprint density at radius 3 is 2.50 bits per heavy atom. The number of amides is 2. The maximum atomic E-state index is 12.6. The summed E-state index contributed by atoms with van der Waals surface area (Å²) in [5.74, 6) is -0.587. The van der Waals surface area contributed by atoms with Crippen molar-refractivity contribution in [2.24, 2.45) is 5.92 Å². The zero-order chi connectivity index (χ0) is 13.5. The molecule has 0 bridgehead atoms. The molecule has 1 saturated heterocycles. The minimum atomic E-state index is -2.61. The monoisotopic (exact) mass is 260 g/mol. The molecule has 6 heteroatoms. The van der Waals surface area contributed by atoms with Crippen molar-refractivity contribution in [2.45, 2.75) is 51.1 Å². The smallest absolute Gasteiger partial charge is 0.255 e. The first-order valence-electron chi connectivity index (χ1n) is 6.31. The third kappa shape index (κ3) is 2.08. The maximum Gasteiger partial charge on any atom is 0.255 e. The molecule has 1 aliphatic heterocycles. The Morgan fingerprint density at radius 1 is 1.44 bits per heavy atom. The summed E-state index contributed by atoms with van der Waals surface area (Å²) in [4.78, 5) is 25.4. The fraction of sp³-hybridized carbons (Fsp3) is 0.833. The number of rotatable bonds is 4. The van der Waals surface area contributed by atoms with Crippen LogP contribution in [-0.2, 0) is 9.59 Å². The van der Waals surface area contributed by atoms with Crippen LogP contribution in [0.1, 0.15) is 33.1 Å². The Morgan fingerprint density at radius 2 is 2.06 bits per heavy atom. The van der Waals surface area contributed by atoms with Gasteiger partial charge in [-0.05, 0) is 32.1 Å². The molecule has 1 N–H and O–H groups in total. The molecule has 2 fully saturated rings. The van der Waals surface area contributed by atoms with Gasteiger partial charge in [-0.25, -0.2) is 8.78 Å². The van der Waals surface area contributed by atoms with Gasteiger partial charge in [-0.2, -0.15) is 0 Å². The summed E-state index contributed by atoms with van der Waals surface area (Å²) in [6.45, 7) is 2.71. The van der Waals surface area contributed by atoms with Crippen molar-refractivity contribution in [1.29, 1.82) is 0 Å². The number of carbonyl (C=O) groups is 2. The van der Waals surface area contributed by atoms with Crippen LogP contribution in [0.3, 0.4) is 0 Å². The molecule has 2 rings (SSSR count). The molecule has 102 valence electrons. The molecule has 0 spiro atoms. The highest BCUT2D eigenvalue weighted by Crippen LogP contribution is 2.42. The van der Waals surface area contributed by atoms with Crippen molar-refractivity contribution in [3.63, 3.8) is 0 Å². The lowest BCUT2D eigenvalue weighted by Gasteiger charge is -2.44. The van der Waals surface area contributed by atoms with Gasteiger partial charge >= 0.3 is 0 Å². The lowest BCUT2D eigenvalue weighted by molar-refractivity contribution is -0.157. The molecule has 0 aromatic rings. The fourth-order valence-corrected chi connectivity index (χ4v) is 2.68. The van der Waals surface area contributed by atoms with E-state index >= 15 is 0 Å². The molecule has 4 nitrogen and oxygen atoms in total. The van der Waals surface area contributed by atoms with E-state index in [1.807, 2.05) is 0 Å². The molecule has 1 saturated carbocycles. The van der Waals surface area contributed by atoms with Gasteiger partial charge in [-0.1, -0.05) is 6.92 Å². The number of hydrogen-bond donors (Lipinski definition) is 1. The van der Waals surface area contributed by atoms with Crippen LogP contribution in [0, 0.1) is 5.92 Å². The summed E-state index contributed by atoms with van der Waals surface area (Å²) in [6.07, 6.45) is -0.535. The van der Waals surface area contributed by atoms with Gasteiger partial charge in [0.2, 0.25) is 11.8 Å². The van der Waals surface area contributed by atoms with Gasteiger partial charge in [0.1, 0.15) is 11.6 Å². The number of nitrogens with one attached hydrogen (secondary N) is 1. The molecule has 2 atom stereocenters. The van der Waals surface area contributed by atoms with Gasteiger partial charge < -0.3 is 10.2 Å². The van der Waals surface area contributed by atoms with Crippen molar-refractivity contribution >= 4 is 11.8 Å². The summed E-state index contributed by atoms with van der Waals surface area (Å²) in [7, 11) is 0. The van der Waals surface area contributed by atoms with E-state index in [1.54, 1.807) is 13.8 Å². The molecule has 18 heavy (non-hydrogen) atoms. The van der Waals surface area contributed by atoms with Crippen LogP contribution in [0.2, 0.25) is 0 Å². The summed E-state index contributed by atoms with van der Waals surface area (Å²) < 4.78 is 25.1. The third-order valence-corrected chi connectivity index (χ3v) is 3.88. The van der Waals surface area contributed by atoms with Crippen LogP contribution < -0.4 is 5.32 Å². The third-order valence-electron chi connectivity index (χ3n) is 3.88. The van der Waals surface area contributed by atoms with Crippen LogP contribution in [0.5, 0.6) is 0 Å². The van der Waals surface area contributed by atoms with Crippen LogP contribution in [-0.4, -0.2) is 41.3 Å². The van der Waals surface area contributed by atoms with Gasteiger partial charge in [0.05, 0.1) is 6.54 Å². The first-order chi connectivity index (χ1) is 8.40. The number of alkyl halides is 2. The van der Waals surface area contributed by atoms with Crippen LogP contribution in [0.15, 0.2) is 0 Å². The normalized spacial score (nSPS) is 32.9. The van der Waals surface area contributed by atoms with Crippen LogP contribution in [0.4, 0.5) is 8.78 Å². The largest absolute Gasteiger partial charge is 0.340 e. The first-order valence-corrected chi connectivity index (χ1v) is 6.31. The maximum absolute atomic E-state index is 12.6. The van der Waals surface area contributed by atoms with E-state index in [0.717, 1.165) is 17.7 Å². The second-order valence-corrected chi connectivity index (χ2v) is 5.24. The van der Waals surface area contributed by atoms with E-state index in [0.29, 0.717) is 6.42 Å². The lowest BCUT2D eigenvalue weighted by atomic mass is 9.89.